The third kappa shape index (κ3) is 10.5. The average molecular weight is 1370 g/mol. The van der Waals surface area contributed by atoms with Crippen LogP contribution in [0.2, 0.25) is 0 Å². The topological polar surface area (TPSA) is 11.4 Å². The fourth-order valence-corrected chi connectivity index (χ4v) is 18.1. The molecule has 0 fully saturated rings. The number of hydrogen-bond acceptors (Lipinski definition) is 2. The molecule has 0 saturated carbocycles. The second-order valence-corrected chi connectivity index (χ2v) is 32.7. The van der Waals surface area contributed by atoms with Gasteiger partial charge in [0.15, 0.2) is 0 Å². The van der Waals surface area contributed by atoms with E-state index in [0.717, 1.165) is 56.3 Å². The van der Waals surface area contributed by atoms with Crippen LogP contribution in [0.1, 0.15) is 101 Å². The Bertz CT molecular complexity index is 6000. The number of para-hydroxylation sites is 1. The van der Waals surface area contributed by atoms with E-state index in [1.54, 1.807) is 0 Å². The van der Waals surface area contributed by atoms with E-state index in [4.69, 9.17) is 0 Å². The zero-order chi connectivity index (χ0) is 72.7. The molecule has 16 aromatic rings. The molecule has 3 aliphatic rings. The monoisotopic (exact) mass is 1370 g/mol. The minimum atomic E-state index is -0.637. The molecule has 15 aromatic carbocycles. The Hall–Kier alpha value is -12.2. The zero-order valence-electron chi connectivity index (χ0n) is 62.3. The maximum Gasteiger partial charge on any atom is 0.252 e. The fraction of sp³-hybridized carbons (Fsp3) is 0.126. The lowest BCUT2D eigenvalue weighted by Gasteiger charge is -2.47. The van der Waals surface area contributed by atoms with E-state index in [2.05, 4.69) is 422 Å². The molecule has 1 aliphatic carbocycles. The smallest absolute Gasteiger partial charge is 0.252 e. The van der Waals surface area contributed by atoms with Crippen molar-refractivity contribution < 1.29 is 0 Å². The third-order valence-electron chi connectivity index (χ3n) is 23.3. The molecule has 19 rings (SSSR count). The highest BCUT2D eigenvalue weighted by molar-refractivity contribution is 7.00. The van der Waals surface area contributed by atoms with Gasteiger partial charge in [0.05, 0.1) is 27.8 Å². The van der Waals surface area contributed by atoms with Crippen LogP contribution >= 0.6 is 0 Å². The van der Waals surface area contributed by atoms with Gasteiger partial charge in [0.2, 0.25) is 0 Å². The first-order valence-electron chi connectivity index (χ1n) is 38.0. The lowest BCUT2D eigenvalue weighted by Crippen LogP contribution is -2.61. The van der Waals surface area contributed by atoms with Gasteiger partial charge in [0, 0.05) is 61.5 Å². The van der Waals surface area contributed by atoms with Crippen molar-refractivity contribution in [3.05, 3.63) is 385 Å². The van der Waals surface area contributed by atoms with E-state index in [1.807, 2.05) is 0 Å². The number of nitrogens with zero attached hydrogens (tertiary/aromatic N) is 3. The Morgan fingerprint density at radius 2 is 0.701 bits per heavy atom. The second-order valence-electron chi connectivity index (χ2n) is 32.7. The Kier molecular flexibility index (Phi) is 15.3. The van der Waals surface area contributed by atoms with E-state index in [1.165, 1.54) is 127 Å². The molecule has 0 spiro atoms. The molecule has 514 valence electrons. The molecular formula is C103H84BN3. The lowest BCUT2D eigenvalue weighted by atomic mass is 9.33. The average Bonchev–Trinajstić information content (AvgIpc) is 1.68. The van der Waals surface area contributed by atoms with Gasteiger partial charge in [-0.2, -0.15) is 0 Å². The van der Waals surface area contributed by atoms with Crippen LogP contribution < -0.4 is 26.2 Å². The molecule has 0 atom stereocenters. The molecule has 0 N–H and O–H groups in total. The third-order valence-corrected chi connectivity index (χ3v) is 23.3. The summed E-state index contributed by atoms with van der Waals surface area (Å²) in [5, 5.41) is 2.47. The molecule has 107 heavy (non-hydrogen) atoms. The first-order chi connectivity index (χ1) is 52.0. The predicted octanol–water partition coefficient (Wildman–Crippen LogP) is 25.5. The number of benzene rings is 15. The van der Waals surface area contributed by atoms with Crippen molar-refractivity contribution in [3.8, 4) is 72.4 Å². The van der Waals surface area contributed by atoms with Crippen LogP contribution in [-0.2, 0) is 21.7 Å². The standard InChI is InChI=1S/C103H84BN3/c1-100(2,3)75-60-82(68-37-19-11-20-38-68)98(83(61-75)69-39-21-12-22-40-69)106-90-57-53-72(67-35-17-10-18-36-67)59-88(90)104-87-56-54-78(105-89-52-34-32-50-81(89)95-91(105)58-55-80-79-49-31-33-51-86(79)103(96(80)95,73-45-27-15-28-46-73)74-47-29-16-30-48-74)66-92(87)107(94-65-77(102(7,8)9)64-93(106)97(94)104)99-84(70-41-23-13-24-42-70)62-76(101(4,5)6)63-85(99)71-43-25-14-26-44-71/h10-66H,1-9H3. The van der Waals surface area contributed by atoms with Gasteiger partial charge in [-0.25, -0.2) is 0 Å². The molecule has 3 nitrogen and oxygen atoms in total. The van der Waals surface area contributed by atoms with Crippen LogP contribution in [-0.4, -0.2) is 11.3 Å². The van der Waals surface area contributed by atoms with Crippen LogP contribution in [0.25, 0.3) is 94.3 Å². The molecule has 0 saturated heterocycles. The van der Waals surface area contributed by atoms with Crippen LogP contribution in [0.3, 0.4) is 0 Å². The predicted molar refractivity (Wildman–Crippen MR) is 455 cm³/mol. The molecule has 0 amide bonds. The number of fused-ring (bicyclic) bond motifs is 11. The summed E-state index contributed by atoms with van der Waals surface area (Å²) >= 11 is 0. The van der Waals surface area contributed by atoms with Crippen molar-refractivity contribution in [1.82, 2.24) is 4.57 Å². The first-order valence-corrected chi connectivity index (χ1v) is 38.0. The normalized spacial score (nSPS) is 13.5. The molecule has 0 unspecified atom stereocenters. The van der Waals surface area contributed by atoms with Crippen molar-refractivity contribution in [1.29, 1.82) is 0 Å². The van der Waals surface area contributed by atoms with E-state index in [0.29, 0.717) is 0 Å². The highest BCUT2D eigenvalue weighted by Gasteiger charge is 2.50. The van der Waals surface area contributed by atoms with Crippen LogP contribution in [0.4, 0.5) is 34.1 Å². The number of hydrogen-bond donors (Lipinski definition) is 0. The largest absolute Gasteiger partial charge is 0.310 e. The Balaban J connectivity index is 0.982. The number of anilines is 6. The summed E-state index contributed by atoms with van der Waals surface area (Å²) in [6, 6.07) is 132. The summed E-state index contributed by atoms with van der Waals surface area (Å²) in [5.41, 5.74) is 35.8. The highest BCUT2D eigenvalue weighted by Crippen LogP contribution is 2.61. The van der Waals surface area contributed by atoms with Crippen molar-refractivity contribution in [3.63, 3.8) is 0 Å². The van der Waals surface area contributed by atoms with Gasteiger partial charge < -0.3 is 14.4 Å². The minimum absolute atomic E-state index is 0.176. The molecule has 2 aliphatic heterocycles. The van der Waals surface area contributed by atoms with E-state index >= 15 is 0 Å². The summed E-state index contributed by atoms with van der Waals surface area (Å²) in [6.07, 6.45) is 0. The van der Waals surface area contributed by atoms with E-state index in [9.17, 15) is 0 Å². The van der Waals surface area contributed by atoms with Gasteiger partial charge >= 0.3 is 0 Å². The SMILES string of the molecule is CC(C)(C)c1cc(-c2ccccc2)c(N2c3ccc(-c4ccccc4)cc3B3c4ccc(-n5c6ccccc6c6c7c(ccc65)-c5ccccc5C7(c5ccccc5)c5ccccc5)cc4N(c4c(-c5ccccc5)cc(C(C)(C)C)cc4-c4ccccc4)c4cc(C(C)(C)C)cc2c43)c(-c2ccccc2)c1. The van der Waals surface area contributed by atoms with Crippen molar-refractivity contribution in [2.45, 2.75) is 84.0 Å². The van der Waals surface area contributed by atoms with E-state index < -0.39 is 5.41 Å². The molecule has 3 heterocycles. The molecular weight excluding hydrogens is 1290 g/mol. The lowest BCUT2D eigenvalue weighted by molar-refractivity contribution is 0.590. The summed E-state index contributed by atoms with van der Waals surface area (Å²) in [5.74, 6) is 0. The van der Waals surface area contributed by atoms with Gasteiger partial charge in [-0.15, -0.1) is 0 Å². The maximum atomic E-state index is 2.75. The Morgan fingerprint density at radius 3 is 1.19 bits per heavy atom. The Morgan fingerprint density at radius 1 is 0.280 bits per heavy atom. The molecule has 0 radical (unpaired) electrons. The number of aromatic nitrogens is 1. The van der Waals surface area contributed by atoms with Crippen molar-refractivity contribution in [2.24, 2.45) is 0 Å². The van der Waals surface area contributed by atoms with Crippen LogP contribution in [0, 0.1) is 0 Å². The molecule has 0 bridgehead atoms. The van der Waals surface area contributed by atoms with Gasteiger partial charge in [-0.05, 0) is 183 Å². The second kappa shape index (κ2) is 25.0. The van der Waals surface area contributed by atoms with Gasteiger partial charge in [-0.3, -0.25) is 0 Å². The number of rotatable bonds is 10. The van der Waals surface area contributed by atoms with Crippen LogP contribution in [0.5, 0.6) is 0 Å². The zero-order valence-corrected chi connectivity index (χ0v) is 62.3. The highest BCUT2D eigenvalue weighted by atomic mass is 15.2. The van der Waals surface area contributed by atoms with Crippen molar-refractivity contribution >= 4 is 79.0 Å². The fourth-order valence-electron chi connectivity index (χ4n) is 18.1. The summed E-state index contributed by atoms with van der Waals surface area (Å²) in [7, 11) is 0. The van der Waals surface area contributed by atoms with Gasteiger partial charge in [0.1, 0.15) is 0 Å². The van der Waals surface area contributed by atoms with Crippen molar-refractivity contribution in [2.75, 3.05) is 9.80 Å². The first kappa shape index (κ1) is 65.5. The quantitative estimate of drug-likeness (QED) is 0.126. The van der Waals surface area contributed by atoms with Gasteiger partial charge in [-0.1, -0.05) is 341 Å². The van der Waals surface area contributed by atoms with Gasteiger partial charge in [0.25, 0.3) is 6.71 Å². The summed E-state index contributed by atoms with van der Waals surface area (Å²) < 4.78 is 2.60. The summed E-state index contributed by atoms with van der Waals surface area (Å²) in [6.45, 7) is 21.1. The minimum Gasteiger partial charge on any atom is -0.310 e. The summed E-state index contributed by atoms with van der Waals surface area (Å²) in [4.78, 5) is 5.46. The molecule has 1 aromatic heterocycles. The molecule has 4 heteroatoms. The maximum absolute atomic E-state index is 2.75. The Labute approximate surface area is 630 Å². The van der Waals surface area contributed by atoms with Crippen LogP contribution in [0.15, 0.2) is 346 Å². The van der Waals surface area contributed by atoms with E-state index in [-0.39, 0.29) is 23.0 Å².